The Kier molecular flexibility index (Phi) is 3.17. The highest BCUT2D eigenvalue weighted by atomic mass is 16.2. The predicted octanol–water partition coefficient (Wildman–Crippen LogP) is 1.26. The van der Waals surface area contributed by atoms with Crippen molar-refractivity contribution in [2.75, 3.05) is 13.2 Å². The van der Waals surface area contributed by atoms with E-state index in [1.165, 1.54) is 16.7 Å². The van der Waals surface area contributed by atoms with Crippen molar-refractivity contribution in [2.24, 2.45) is 0 Å². The highest BCUT2D eigenvalue weighted by Gasteiger charge is 2.11. The molecule has 2 heteroatoms. The summed E-state index contributed by atoms with van der Waals surface area (Å²) in [6.45, 7) is 2.38. The lowest BCUT2D eigenvalue weighted by molar-refractivity contribution is 0.288. The van der Waals surface area contributed by atoms with Gasteiger partial charge in [-0.2, -0.15) is 0 Å². The minimum atomic E-state index is 0.289. The van der Waals surface area contributed by atoms with E-state index >= 15 is 0 Å². The average molecular weight is 191 g/mol. The Morgan fingerprint density at radius 1 is 1.36 bits per heavy atom. The van der Waals surface area contributed by atoms with E-state index in [-0.39, 0.29) is 6.61 Å². The summed E-state index contributed by atoms with van der Waals surface area (Å²) >= 11 is 0. The Bertz CT molecular complexity index is 309. The van der Waals surface area contributed by atoms with Crippen molar-refractivity contribution >= 4 is 0 Å². The van der Waals surface area contributed by atoms with Crippen LogP contribution in [0.25, 0.3) is 0 Å². The van der Waals surface area contributed by atoms with Gasteiger partial charge in [0.2, 0.25) is 0 Å². The molecule has 1 aliphatic heterocycles. The van der Waals surface area contributed by atoms with Gasteiger partial charge < -0.3 is 10.4 Å². The van der Waals surface area contributed by atoms with Gasteiger partial charge in [-0.1, -0.05) is 18.2 Å². The molecular weight excluding hydrogens is 174 g/mol. The molecule has 0 saturated carbocycles. The molecule has 0 spiro atoms. The van der Waals surface area contributed by atoms with Crippen LogP contribution in [0.5, 0.6) is 0 Å². The van der Waals surface area contributed by atoms with Gasteiger partial charge >= 0.3 is 0 Å². The molecule has 0 aromatic heterocycles. The van der Waals surface area contributed by atoms with Crippen LogP contribution in [-0.4, -0.2) is 18.3 Å². The molecule has 2 rings (SSSR count). The maximum Gasteiger partial charge on any atom is 0.0434 e. The zero-order chi connectivity index (χ0) is 9.80. The van der Waals surface area contributed by atoms with Crippen molar-refractivity contribution in [1.82, 2.24) is 5.32 Å². The van der Waals surface area contributed by atoms with Crippen molar-refractivity contribution in [3.05, 3.63) is 34.9 Å². The molecule has 1 aromatic rings. The van der Waals surface area contributed by atoms with E-state index in [0.717, 1.165) is 32.4 Å². The SMILES string of the molecule is OCCCc1cccc2c1CNCC2. The largest absolute Gasteiger partial charge is 0.396 e. The van der Waals surface area contributed by atoms with Crippen LogP contribution in [0.4, 0.5) is 0 Å². The van der Waals surface area contributed by atoms with Gasteiger partial charge in [-0.05, 0) is 42.5 Å². The van der Waals surface area contributed by atoms with Crippen molar-refractivity contribution in [3.8, 4) is 0 Å². The second kappa shape index (κ2) is 4.58. The van der Waals surface area contributed by atoms with Gasteiger partial charge in [0, 0.05) is 13.2 Å². The normalized spacial score (nSPS) is 15.2. The molecule has 1 heterocycles. The summed E-state index contributed by atoms with van der Waals surface area (Å²) in [6.07, 6.45) is 3.01. The fourth-order valence-electron chi connectivity index (χ4n) is 2.09. The summed E-state index contributed by atoms with van der Waals surface area (Å²) in [5.41, 5.74) is 4.36. The molecule has 0 bridgehead atoms. The summed E-state index contributed by atoms with van der Waals surface area (Å²) in [6, 6.07) is 6.54. The van der Waals surface area contributed by atoms with Crippen LogP contribution in [0.3, 0.4) is 0 Å². The fraction of sp³-hybridized carbons (Fsp3) is 0.500. The first-order valence-electron chi connectivity index (χ1n) is 5.33. The third kappa shape index (κ3) is 1.97. The highest BCUT2D eigenvalue weighted by molar-refractivity contribution is 5.36. The summed E-state index contributed by atoms with van der Waals surface area (Å²) in [5.74, 6) is 0. The number of rotatable bonds is 3. The molecule has 0 unspecified atom stereocenters. The Labute approximate surface area is 85.0 Å². The Balaban J connectivity index is 2.21. The number of hydrogen-bond donors (Lipinski definition) is 2. The predicted molar refractivity (Wildman–Crippen MR) is 57.3 cm³/mol. The van der Waals surface area contributed by atoms with E-state index in [1.807, 2.05) is 0 Å². The van der Waals surface area contributed by atoms with E-state index in [1.54, 1.807) is 0 Å². The molecule has 2 N–H and O–H groups in total. The number of aliphatic hydroxyl groups excluding tert-OH is 1. The van der Waals surface area contributed by atoms with Gasteiger partial charge in [0.05, 0.1) is 0 Å². The van der Waals surface area contributed by atoms with Crippen LogP contribution in [0.15, 0.2) is 18.2 Å². The van der Waals surface area contributed by atoms with Crippen LogP contribution in [0, 0.1) is 0 Å². The number of aryl methyl sites for hydroxylation is 1. The second-order valence-corrected chi connectivity index (χ2v) is 3.81. The molecule has 0 radical (unpaired) electrons. The molecule has 0 aliphatic carbocycles. The van der Waals surface area contributed by atoms with Gasteiger partial charge in [0.25, 0.3) is 0 Å². The highest BCUT2D eigenvalue weighted by Crippen LogP contribution is 2.19. The third-order valence-corrected chi connectivity index (χ3v) is 2.85. The number of benzene rings is 1. The molecule has 14 heavy (non-hydrogen) atoms. The minimum absolute atomic E-state index is 0.289. The Morgan fingerprint density at radius 3 is 3.14 bits per heavy atom. The van der Waals surface area contributed by atoms with Crippen molar-refractivity contribution in [3.63, 3.8) is 0 Å². The van der Waals surface area contributed by atoms with E-state index in [9.17, 15) is 0 Å². The van der Waals surface area contributed by atoms with Crippen molar-refractivity contribution in [1.29, 1.82) is 0 Å². The van der Waals surface area contributed by atoms with Crippen LogP contribution in [0.1, 0.15) is 23.1 Å². The Hall–Kier alpha value is -0.860. The number of nitrogens with one attached hydrogen (secondary N) is 1. The summed E-state index contributed by atoms with van der Waals surface area (Å²) in [4.78, 5) is 0. The van der Waals surface area contributed by atoms with Gasteiger partial charge in [0.15, 0.2) is 0 Å². The van der Waals surface area contributed by atoms with E-state index in [0.29, 0.717) is 0 Å². The fourth-order valence-corrected chi connectivity index (χ4v) is 2.09. The van der Waals surface area contributed by atoms with Crippen LogP contribution in [-0.2, 0) is 19.4 Å². The standard InChI is InChI=1S/C12H17NO/c14-8-2-5-10-3-1-4-11-6-7-13-9-12(10)11/h1,3-4,13-14H,2,5-9H2. The lowest BCUT2D eigenvalue weighted by Gasteiger charge is -2.20. The Morgan fingerprint density at radius 2 is 2.29 bits per heavy atom. The van der Waals surface area contributed by atoms with Crippen LogP contribution < -0.4 is 5.32 Å². The quantitative estimate of drug-likeness (QED) is 0.754. The average Bonchev–Trinajstić information content (AvgIpc) is 2.26. The summed E-state index contributed by atoms with van der Waals surface area (Å²) < 4.78 is 0. The van der Waals surface area contributed by atoms with Gasteiger partial charge in [0.1, 0.15) is 0 Å². The van der Waals surface area contributed by atoms with Crippen LogP contribution >= 0.6 is 0 Å². The van der Waals surface area contributed by atoms with Crippen LogP contribution in [0.2, 0.25) is 0 Å². The molecule has 0 atom stereocenters. The maximum absolute atomic E-state index is 8.82. The lowest BCUT2D eigenvalue weighted by Crippen LogP contribution is -2.24. The zero-order valence-corrected chi connectivity index (χ0v) is 8.42. The molecule has 76 valence electrons. The molecule has 1 aliphatic rings. The van der Waals surface area contributed by atoms with Gasteiger partial charge in [-0.3, -0.25) is 0 Å². The molecule has 1 aromatic carbocycles. The van der Waals surface area contributed by atoms with E-state index in [4.69, 9.17) is 5.11 Å². The van der Waals surface area contributed by atoms with Gasteiger partial charge in [-0.15, -0.1) is 0 Å². The van der Waals surface area contributed by atoms with E-state index in [2.05, 4.69) is 23.5 Å². The van der Waals surface area contributed by atoms with Gasteiger partial charge in [-0.25, -0.2) is 0 Å². The number of fused-ring (bicyclic) bond motifs is 1. The topological polar surface area (TPSA) is 32.3 Å². The lowest BCUT2D eigenvalue weighted by atomic mass is 9.94. The molecular formula is C12H17NO. The molecule has 0 amide bonds. The van der Waals surface area contributed by atoms with Crippen molar-refractivity contribution < 1.29 is 5.11 Å². The first kappa shape index (κ1) is 9.69. The monoisotopic (exact) mass is 191 g/mol. The summed E-state index contributed by atoms with van der Waals surface area (Å²) in [7, 11) is 0. The first-order chi connectivity index (χ1) is 6.92. The van der Waals surface area contributed by atoms with Crippen molar-refractivity contribution in [2.45, 2.75) is 25.8 Å². The molecule has 0 fully saturated rings. The molecule has 0 saturated heterocycles. The second-order valence-electron chi connectivity index (χ2n) is 3.81. The molecule has 2 nitrogen and oxygen atoms in total. The number of hydrogen-bond acceptors (Lipinski definition) is 2. The third-order valence-electron chi connectivity index (χ3n) is 2.85. The van der Waals surface area contributed by atoms with E-state index < -0.39 is 0 Å². The maximum atomic E-state index is 8.82. The summed E-state index contributed by atoms with van der Waals surface area (Å²) in [5, 5.41) is 12.2. The first-order valence-corrected chi connectivity index (χ1v) is 5.33. The number of aliphatic hydroxyl groups is 1. The minimum Gasteiger partial charge on any atom is -0.396 e. The zero-order valence-electron chi connectivity index (χ0n) is 8.42. The smallest absolute Gasteiger partial charge is 0.0434 e.